The molecule has 0 spiro atoms. The predicted octanol–water partition coefficient (Wildman–Crippen LogP) is 3.38. The monoisotopic (exact) mass is 393 g/mol. The van der Waals surface area contributed by atoms with Crippen molar-refractivity contribution in [3.63, 3.8) is 0 Å². The van der Waals surface area contributed by atoms with E-state index >= 15 is 0 Å². The summed E-state index contributed by atoms with van der Waals surface area (Å²) in [6, 6.07) is 5.77. The van der Waals surface area contributed by atoms with E-state index in [-0.39, 0.29) is 11.4 Å². The molecule has 136 valence electrons. The average Bonchev–Trinajstić information content (AvgIpc) is 2.56. The van der Waals surface area contributed by atoms with E-state index in [1.54, 1.807) is 6.07 Å². The normalized spacial score (nSPS) is 19.7. The van der Waals surface area contributed by atoms with Crippen molar-refractivity contribution in [1.82, 2.24) is 4.98 Å². The highest BCUT2D eigenvalue weighted by Gasteiger charge is 2.32. The first-order valence-electron chi connectivity index (χ1n) is 7.79. The van der Waals surface area contributed by atoms with E-state index < -0.39 is 17.3 Å². The van der Waals surface area contributed by atoms with Crippen LogP contribution in [0.15, 0.2) is 35.5 Å². The van der Waals surface area contributed by atoms with Crippen molar-refractivity contribution in [3.8, 4) is 0 Å². The molecule has 0 radical (unpaired) electrons. The van der Waals surface area contributed by atoms with E-state index in [4.69, 9.17) is 23.1 Å². The Morgan fingerprint density at radius 2 is 2.15 bits per heavy atom. The van der Waals surface area contributed by atoms with Gasteiger partial charge in [0.1, 0.15) is 5.82 Å². The molecular weight excluding hydrogens is 377 g/mol. The molecule has 1 aromatic heterocycles. The van der Waals surface area contributed by atoms with Gasteiger partial charge >= 0.3 is 0 Å². The molecule has 1 aliphatic heterocycles. The summed E-state index contributed by atoms with van der Waals surface area (Å²) in [5.41, 5.74) is 11.8. The number of nitrogens with one attached hydrogen (secondary N) is 1. The topological polar surface area (TPSA) is 106 Å². The lowest BCUT2D eigenvalue weighted by Gasteiger charge is -2.30. The van der Waals surface area contributed by atoms with Crippen LogP contribution < -0.4 is 16.8 Å². The number of nitrogens with zero attached hydrogens (tertiary/aromatic N) is 2. The van der Waals surface area contributed by atoms with Gasteiger partial charge in [-0.25, -0.2) is 9.37 Å². The summed E-state index contributed by atoms with van der Waals surface area (Å²) >= 11 is 7.23. The van der Waals surface area contributed by atoms with Crippen LogP contribution in [-0.2, 0) is 5.54 Å². The summed E-state index contributed by atoms with van der Waals surface area (Å²) in [7, 11) is 0. The number of amides is 1. The molecule has 0 aliphatic carbocycles. The third kappa shape index (κ3) is 3.76. The number of thioether (sulfide) groups is 1. The van der Waals surface area contributed by atoms with Gasteiger partial charge in [0.15, 0.2) is 10.9 Å². The fourth-order valence-electron chi connectivity index (χ4n) is 2.73. The van der Waals surface area contributed by atoms with Gasteiger partial charge in [-0.15, -0.1) is 0 Å². The molecule has 0 saturated heterocycles. The van der Waals surface area contributed by atoms with E-state index in [1.165, 1.54) is 36.2 Å². The van der Waals surface area contributed by atoms with Gasteiger partial charge in [-0.05, 0) is 37.6 Å². The first-order valence-corrected chi connectivity index (χ1v) is 9.15. The number of carbonyl (C=O) groups is 1. The van der Waals surface area contributed by atoms with Gasteiger partial charge < -0.3 is 16.8 Å². The highest BCUT2D eigenvalue weighted by molar-refractivity contribution is 8.13. The van der Waals surface area contributed by atoms with Gasteiger partial charge in [-0.3, -0.25) is 9.79 Å². The summed E-state index contributed by atoms with van der Waals surface area (Å²) in [4.78, 5) is 20.8. The molecule has 1 unspecified atom stereocenters. The standard InChI is InChI=1S/C17H17ClFN5OS/c1-17(4-5-26-16(21)24-17)11-7-10(2-3-12(11)19)23-15(25)14-13(20)6-9(18)8-22-14/h2-3,6-8H,4-5,20H2,1H3,(H2,21,24)(H,23,25). The fraction of sp³-hybridized carbons (Fsp3) is 0.235. The number of carbonyl (C=O) groups excluding carboxylic acids is 1. The molecule has 1 aromatic carbocycles. The minimum absolute atomic E-state index is 0.0443. The van der Waals surface area contributed by atoms with Crippen molar-refractivity contribution in [3.05, 3.63) is 52.6 Å². The fourth-order valence-corrected chi connectivity index (χ4v) is 3.87. The Balaban J connectivity index is 1.90. The van der Waals surface area contributed by atoms with Crippen molar-refractivity contribution in [2.24, 2.45) is 10.7 Å². The van der Waals surface area contributed by atoms with Gasteiger partial charge in [0.2, 0.25) is 0 Å². The van der Waals surface area contributed by atoms with Crippen LogP contribution in [0.25, 0.3) is 0 Å². The van der Waals surface area contributed by atoms with Crippen molar-refractivity contribution < 1.29 is 9.18 Å². The van der Waals surface area contributed by atoms with Crippen molar-refractivity contribution >= 4 is 45.8 Å². The first-order chi connectivity index (χ1) is 12.3. The Morgan fingerprint density at radius 3 is 2.85 bits per heavy atom. The number of benzene rings is 1. The second-order valence-electron chi connectivity index (χ2n) is 6.06. The van der Waals surface area contributed by atoms with Gasteiger partial charge in [0.25, 0.3) is 5.91 Å². The van der Waals surface area contributed by atoms with Crippen molar-refractivity contribution in [2.45, 2.75) is 18.9 Å². The summed E-state index contributed by atoms with van der Waals surface area (Å²) in [5.74, 6) is -0.172. The van der Waals surface area contributed by atoms with E-state index in [0.29, 0.717) is 27.9 Å². The molecule has 0 fully saturated rings. The van der Waals surface area contributed by atoms with Crippen LogP contribution in [-0.4, -0.2) is 21.8 Å². The van der Waals surface area contributed by atoms with E-state index in [0.717, 1.165) is 5.75 Å². The smallest absolute Gasteiger partial charge is 0.276 e. The molecule has 6 nitrogen and oxygen atoms in total. The highest BCUT2D eigenvalue weighted by Crippen LogP contribution is 2.37. The molecule has 1 amide bonds. The van der Waals surface area contributed by atoms with Crippen LogP contribution in [0, 0.1) is 5.82 Å². The Kier molecular flexibility index (Phi) is 5.06. The third-order valence-electron chi connectivity index (χ3n) is 4.10. The Hall–Kier alpha value is -2.32. The number of amidine groups is 1. The maximum atomic E-state index is 14.4. The number of anilines is 2. The summed E-state index contributed by atoms with van der Waals surface area (Å²) in [6.07, 6.45) is 1.97. The minimum atomic E-state index is -0.780. The van der Waals surface area contributed by atoms with Crippen LogP contribution >= 0.6 is 23.4 Å². The SMILES string of the molecule is CC1(c2cc(NC(=O)c3ncc(Cl)cc3N)ccc2F)CCSC(N)=N1. The summed E-state index contributed by atoms with van der Waals surface area (Å²) in [5, 5.41) is 3.43. The Morgan fingerprint density at radius 1 is 1.38 bits per heavy atom. The zero-order valence-electron chi connectivity index (χ0n) is 13.9. The Labute approximate surface area is 159 Å². The first kappa shape index (κ1) is 18.5. The van der Waals surface area contributed by atoms with E-state index in [1.807, 2.05) is 6.92 Å². The molecule has 9 heteroatoms. The zero-order valence-corrected chi connectivity index (χ0v) is 15.5. The largest absolute Gasteiger partial charge is 0.397 e. The number of hydrogen-bond donors (Lipinski definition) is 3. The molecule has 2 heterocycles. The molecule has 1 aliphatic rings. The van der Waals surface area contributed by atoms with Crippen LogP contribution in [0.3, 0.4) is 0 Å². The zero-order chi connectivity index (χ0) is 18.9. The highest BCUT2D eigenvalue weighted by atomic mass is 35.5. The maximum absolute atomic E-state index is 14.4. The number of pyridine rings is 1. The lowest BCUT2D eigenvalue weighted by molar-refractivity contribution is 0.102. The number of nitrogen functional groups attached to an aromatic ring is 1. The quantitative estimate of drug-likeness (QED) is 0.741. The minimum Gasteiger partial charge on any atom is -0.397 e. The van der Waals surface area contributed by atoms with E-state index in [9.17, 15) is 9.18 Å². The molecule has 1 atom stereocenters. The molecule has 2 aromatic rings. The lowest BCUT2D eigenvalue weighted by atomic mass is 9.89. The maximum Gasteiger partial charge on any atom is 0.276 e. The third-order valence-corrected chi connectivity index (χ3v) is 5.10. The number of aromatic nitrogens is 1. The van der Waals surface area contributed by atoms with Crippen molar-refractivity contribution in [1.29, 1.82) is 0 Å². The van der Waals surface area contributed by atoms with Gasteiger partial charge in [0, 0.05) is 23.2 Å². The average molecular weight is 394 g/mol. The van der Waals surface area contributed by atoms with Gasteiger partial charge in [-0.2, -0.15) is 0 Å². The van der Waals surface area contributed by atoms with Gasteiger partial charge in [0.05, 0.1) is 16.2 Å². The molecule has 0 bridgehead atoms. The van der Waals surface area contributed by atoms with Crippen LogP contribution in [0.4, 0.5) is 15.8 Å². The molecule has 5 N–H and O–H groups in total. The molecule has 0 saturated carbocycles. The Bertz CT molecular complexity index is 907. The number of hydrogen-bond acceptors (Lipinski definition) is 6. The number of nitrogens with two attached hydrogens (primary N) is 2. The lowest BCUT2D eigenvalue weighted by Crippen LogP contribution is -2.30. The van der Waals surface area contributed by atoms with Crippen LogP contribution in [0.2, 0.25) is 5.02 Å². The second kappa shape index (κ2) is 7.13. The number of rotatable bonds is 3. The summed E-state index contributed by atoms with van der Waals surface area (Å²) in [6.45, 7) is 1.82. The van der Waals surface area contributed by atoms with E-state index in [2.05, 4.69) is 15.3 Å². The van der Waals surface area contributed by atoms with Gasteiger partial charge in [-0.1, -0.05) is 23.4 Å². The molecular formula is C17H17ClFN5OS. The van der Waals surface area contributed by atoms with Crippen LogP contribution in [0.5, 0.6) is 0 Å². The van der Waals surface area contributed by atoms with Crippen molar-refractivity contribution in [2.75, 3.05) is 16.8 Å². The molecule has 3 rings (SSSR count). The van der Waals surface area contributed by atoms with Crippen LogP contribution in [0.1, 0.15) is 29.4 Å². The number of halogens is 2. The summed E-state index contributed by atoms with van der Waals surface area (Å²) < 4.78 is 14.4. The molecule has 26 heavy (non-hydrogen) atoms. The number of aliphatic imine (C=N–C) groups is 1. The predicted molar refractivity (Wildman–Crippen MR) is 104 cm³/mol. The second-order valence-corrected chi connectivity index (χ2v) is 7.61.